The Morgan fingerprint density at radius 1 is 1.18 bits per heavy atom. The van der Waals surface area contributed by atoms with Crippen LogP contribution in [-0.4, -0.2) is 80.0 Å². The van der Waals surface area contributed by atoms with Crippen molar-refractivity contribution < 1.29 is 19.1 Å². The average molecular weight is 533 g/mol. The summed E-state index contributed by atoms with van der Waals surface area (Å²) in [5.41, 5.74) is 0.527. The van der Waals surface area contributed by atoms with Crippen molar-refractivity contribution in [1.29, 1.82) is 5.26 Å². The first-order valence-corrected chi connectivity index (χ1v) is 12.1. The van der Waals surface area contributed by atoms with Crippen molar-refractivity contribution in [2.75, 3.05) is 42.2 Å². The van der Waals surface area contributed by atoms with Crippen LogP contribution in [0.3, 0.4) is 0 Å². The molecule has 0 bridgehead atoms. The molecule has 202 valence electrons. The molecule has 4 heterocycles. The van der Waals surface area contributed by atoms with Crippen LogP contribution in [-0.2, 0) is 9.47 Å². The van der Waals surface area contributed by atoms with E-state index in [4.69, 9.17) is 14.7 Å². The third kappa shape index (κ3) is 7.79. The van der Waals surface area contributed by atoms with Crippen LogP contribution in [0.15, 0.2) is 43.0 Å². The molecule has 0 aliphatic carbocycles. The van der Waals surface area contributed by atoms with E-state index in [9.17, 15) is 9.59 Å². The van der Waals surface area contributed by atoms with Gasteiger partial charge < -0.3 is 30.3 Å². The number of anilines is 4. The standard InChI is InChI=1S/C25H28N10O4/c1-25(2,3)39-24(37)35-8-9-38-18(15-35)13-29-19-10-20(32-21-14-28-17(11-26)12-30-21)33-34-22(19)23(36)31-16-4-6-27-7-5-16/h4-7,10,12,14,18H,8-9,13,15H2,1-3H3,(H,27,31,36)(H2,29,30,32,33). The maximum atomic E-state index is 13.1. The number of aromatic nitrogens is 5. The Hall–Kier alpha value is -4.90. The summed E-state index contributed by atoms with van der Waals surface area (Å²) in [4.78, 5) is 39.2. The zero-order valence-electron chi connectivity index (χ0n) is 21.7. The quantitative estimate of drug-likeness (QED) is 0.405. The lowest BCUT2D eigenvalue weighted by atomic mass is 10.2. The number of hydrogen-bond acceptors (Lipinski definition) is 12. The highest BCUT2D eigenvalue weighted by atomic mass is 16.6. The number of nitrogens with zero attached hydrogens (tertiary/aromatic N) is 7. The lowest BCUT2D eigenvalue weighted by Crippen LogP contribution is -2.49. The monoisotopic (exact) mass is 532 g/mol. The molecule has 2 amide bonds. The molecule has 0 radical (unpaired) electrons. The molecule has 1 fully saturated rings. The van der Waals surface area contributed by atoms with E-state index in [1.165, 1.54) is 12.4 Å². The molecule has 0 spiro atoms. The third-order valence-electron chi connectivity index (χ3n) is 5.28. The lowest BCUT2D eigenvalue weighted by molar-refractivity contribution is -0.0371. The minimum atomic E-state index is -0.606. The van der Waals surface area contributed by atoms with Crippen LogP contribution in [0.1, 0.15) is 37.0 Å². The molecule has 3 aromatic heterocycles. The second-order valence-electron chi connectivity index (χ2n) is 9.51. The molecule has 39 heavy (non-hydrogen) atoms. The Morgan fingerprint density at radius 3 is 2.67 bits per heavy atom. The highest BCUT2D eigenvalue weighted by Crippen LogP contribution is 2.21. The van der Waals surface area contributed by atoms with Gasteiger partial charge in [-0.05, 0) is 32.9 Å². The number of carbonyl (C=O) groups is 2. The van der Waals surface area contributed by atoms with Gasteiger partial charge in [0.15, 0.2) is 17.2 Å². The fourth-order valence-corrected chi connectivity index (χ4v) is 3.52. The van der Waals surface area contributed by atoms with Crippen LogP contribution < -0.4 is 16.0 Å². The summed E-state index contributed by atoms with van der Waals surface area (Å²) in [5.74, 6) is 0.143. The van der Waals surface area contributed by atoms with Crippen molar-refractivity contribution in [2.45, 2.75) is 32.5 Å². The summed E-state index contributed by atoms with van der Waals surface area (Å²) in [6.07, 6.45) is 5.05. The number of carbonyl (C=O) groups excluding carboxylic acids is 2. The second-order valence-corrected chi connectivity index (χ2v) is 9.51. The van der Waals surface area contributed by atoms with E-state index in [1.54, 1.807) is 35.5 Å². The van der Waals surface area contributed by atoms with Crippen LogP contribution in [0.2, 0.25) is 0 Å². The van der Waals surface area contributed by atoms with Crippen molar-refractivity contribution in [2.24, 2.45) is 0 Å². The Kier molecular flexibility index (Phi) is 8.42. The molecule has 14 nitrogen and oxygen atoms in total. The summed E-state index contributed by atoms with van der Waals surface area (Å²) >= 11 is 0. The van der Waals surface area contributed by atoms with Gasteiger partial charge in [0, 0.05) is 37.2 Å². The highest BCUT2D eigenvalue weighted by molar-refractivity contribution is 6.06. The van der Waals surface area contributed by atoms with Crippen LogP contribution >= 0.6 is 0 Å². The Morgan fingerprint density at radius 2 is 1.97 bits per heavy atom. The van der Waals surface area contributed by atoms with Gasteiger partial charge in [0.05, 0.1) is 37.3 Å². The number of nitriles is 1. The van der Waals surface area contributed by atoms with E-state index in [2.05, 4.69) is 41.1 Å². The van der Waals surface area contributed by atoms with Crippen molar-refractivity contribution >= 4 is 35.0 Å². The third-order valence-corrected chi connectivity index (χ3v) is 5.28. The maximum Gasteiger partial charge on any atom is 0.410 e. The Labute approximate surface area is 224 Å². The van der Waals surface area contributed by atoms with Gasteiger partial charge >= 0.3 is 6.09 Å². The molecule has 0 aromatic carbocycles. The fourth-order valence-electron chi connectivity index (χ4n) is 3.52. The number of morpholine rings is 1. The zero-order valence-corrected chi connectivity index (χ0v) is 21.7. The van der Waals surface area contributed by atoms with E-state index in [0.717, 1.165) is 0 Å². The Bertz CT molecular complexity index is 1340. The molecule has 14 heteroatoms. The van der Waals surface area contributed by atoms with Crippen molar-refractivity contribution in [3.8, 4) is 6.07 Å². The topological polar surface area (TPSA) is 180 Å². The van der Waals surface area contributed by atoms with Crippen LogP contribution in [0.25, 0.3) is 0 Å². The van der Waals surface area contributed by atoms with Crippen LogP contribution in [0.4, 0.5) is 27.8 Å². The predicted octanol–water partition coefficient (Wildman–Crippen LogP) is 2.58. The van der Waals surface area contributed by atoms with E-state index < -0.39 is 17.6 Å². The molecule has 1 aliphatic heterocycles. The van der Waals surface area contributed by atoms with E-state index >= 15 is 0 Å². The number of nitrogens with one attached hydrogen (secondary N) is 3. The molecule has 3 aromatic rings. The molecule has 1 unspecified atom stereocenters. The minimum Gasteiger partial charge on any atom is -0.444 e. The summed E-state index contributed by atoms with van der Waals surface area (Å²) in [5, 5.41) is 26.1. The van der Waals surface area contributed by atoms with Gasteiger partial charge in [0.2, 0.25) is 0 Å². The summed E-state index contributed by atoms with van der Waals surface area (Å²) in [7, 11) is 0. The first kappa shape index (κ1) is 27.1. The van der Waals surface area contributed by atoms with Gasteiger partial charge in [0.1, 0.15) is 17.5 Å². The fraction of sp³-hybridized carbons (Fsp3) is 0.360. The molecular formula is C25H28N10O4. The number of ether oxygens (including phenoxy) is 2. The molecule has 4 rings (SSSR count). The highest BCUT2D eigenvalue weighted by Gasteiger charge is 2.28. The van der Waals surface area contributed by atoms with E-state index in [0.29, 0.717) is 36.9 Å². The Balaban J connectivity index is 1.50. The number of hydrogen-bond donors (Lipinski definition) is 3. The molecule has 1 atom stereocenters. The van der Waals surface area contributed by atoms with Crippen LogP contribution in [0.5, 0.6) is 0 Å². The largest absolute Gasteiger partial charge is 0.444 e. The average Bonchev–Trinajstić information content (AvgIpc) is 2.92. The predicted molar refractivity (Wildman–Crippen MR) is 140 cm³/mol. The molecular weight excluding hydrogens is 504 g/mol. The van der Waals surface area contributed by atoms with Gasteiger partial charge in [-0.1, -0.05) is 0 Å². The first-order chi connectivity index (χ1) is 18.7. The normalized spacial score (nSPS) is 15.1. The summed E-state index contributed by atoms with van der Waals surface area (Å²) < 4.78 is 11.3. The van der Waals surface area contributed by atoms with E-state index in [1.807, 2.05) is 26.8 Å². The second kappa shape index (κ2) is 12.1. The lowest BCUT2D eigenvalue weighted by Gasteiger charge is -2.34. The molecule has 0 saturated carbocycles. The zero-order chi connectivity index (χ0) is 27.8. The smallest absolute Gasteiger partial charge is 0.410 e. The van der Waals surface area contributed by atoms with Gasteiger partial charge in [0.25, 0.3) is 5.91 Å². The molecule has 1 saturated heterocycles. The molecule has 3 N–H and O–H groups in total. The van der Waals surface area contributed by atoms with Crippen LogP contribution in [0, 0.1) is 11.3 Å². The van der Waals surface area contributed by atoms with Crippen molar-refractivity contribution in [3.05, 3.63) is 54.4 Å². The molecule has 1 aliphatic rings. The SMILES string of the molecule is CC(C)(C)OC(=O)N1CCOC(CNc2cc(Nc3cnc(C#N)cn3)nnc2C(=O)Nc2ccncc2)C1. The summed E-state index contributed by atoms with van der Waals surface area (Å²) in [6.45, 7) is 6.79. The van der Waals surface area contributed by atoms with E-state index in [-0.39, 0.29) is 29.9 Å². The number of amides is 2. The first-order valence-electron chi connectivity index (χ1n) is 12.1. The van der Waals surface area contributed by atoms with Gasteiger partial charge in [-0.25, -0.2) is 14.8 Å². The van der Waals surface area contributed by atoms with Crippen molar-refractivity contribution in [3.63, 3.8) is 0 Å². The number of rotatable bonds is 7. The van der Waals surface area contributed by atoms with Gasteiger partial charge in [-0.15, -0.1) is 10.2 Å². The maximum absolute atomic E-state index is 13.1. The summed E-state index contributed by atoms with van der Waals surface area (Å²) in [6, 6.07) is 6.81. The number of pyridine rings is 1. The van der Waals surface area contributed by atoms with Gasteiger partial charge in [-0.2, -0.15) is 5.26 Å². The van der Waals surface area contributed by atoms with Gasteiger partial charge in [-0.3, -0.25) is 9.78 Å². The van der Waals surface area contributed by atoms with Crippen molar-refractivity contribution in [1.82, 2.24) is 30.0 Å². The minimum absolute atomic E-state index is 0.0445.